The Balaban J connectivity index is 1.15. The summed E-state index contributed by atoms with van der Waals surface area (Å²) in [5.41, 5.74) is 2.57. The molecule has 6 nitrogen and oxygen atoms in total. The van der Waals surface area contributed by atoms with Crippen molar-refractivity contribution < 1.29 is 19.1 Å². The van der Waals surface area contributed by atoms with Gasteiger partial charge in [0.25, 0.3) is 0 Å². The first-order valence-electron chi connectivity index (χ1n) is 11.0. The van der Waals surface area contributed by atoms with Crippen molar-refractivity contribution in [3.63, 3.8) is 0 Å². The van der Waals surface area contributed by atoms with Gasteiger partial charge in [-0.25, -0.2) is 9.18 Å². The van der Waals surface area contributed by atoms with E-state index >= 15 is 0 Å². The Bertz CT molecular complexity index is 1070. The number of carbonyl (C=O) groups is 2. The molecule has 0 unspecified atom stereocenters. The molecule has 1 aliphatic heterocycles. The number of fused-ring (bicyclic) bond motifs is 1. The first kappa shape index (κ1) is 20.9. The first-order chi connectivity index (χ1) is 15.1. The van der Waals surface area contributed by atoms with Crippen molar-refractivity contribution in [2.75, 3.05) is 11.9 Å². The fraction of sp³-hybridized carbons (Fsp3) is 0.440. The van der Waals surface area contributed by atoms with Crippen LogP contribution in [0, 0.1) is 11.2 Å². The predicted octanol–water partition coefficient (Wildman–Crippen LogP) is 3.68. The zero-order valence-corrected chi connectivity index (χ0v) is 18.4. The summed E-state index contributed by atoms with van der Waals surface area (Å²) >= 11 is 0. The Morgan fingerprint density at radius 2 is 1.72 bits per heavy atom. The summed E-state index contributed by atoms with van der Waals surface area (Å²) in [5, 5.41) is 15.6. The van der Waals surface area contributed by atoms with Crippen molar-refractivity contribution in [1.29, 1.82) is 0 Å². The molecule has 4 aliphatic rings. The Morgan fingerprint density at radius 3 is 2.38 bits per heavy atom. The Hall–Kier alpha value is -2.93. The van der Waals surface area contributed by atoms with Gasteiger partial charge in [0.2, 0.25) is 5.91 Å². The number of nitrogens with zero attached hydrogens (tertiary/aromatic N) is 1. The molecular weight excluding hydrogens is 409 g/mol. The molecule has 2 aromatic rings. The van der Waals surface area contributed by atoms with Gasteiger partial charge in [-0.3, -0.25) is 4.79 Å². The summed E-state index contributed by atoms with van der Waals surface area (Å²) in [6.45, 7) is 4.49. The van der Waals surface area contributed by atoms with E-state index in [1.54, 1.807) is 24.8 Å². The van der Waals surface area contributed by atoms with E-state index < -0.39 is 5.60 Å². The molecule has 2 aromatic carbocycles. The topological polar surface area (TPSA) is 81.7 Å². The number of aliphatic hydroxyl groups is 1. The maximum absolute atomic E-state index is 13.4. The number of benzene rings is 2. The van der Waals surface area contributed by atoms with Crippen LogP contribution in [-0.2, 0) is 23.3 Å². The highest BCUT2D eigenvalue weighted by molar-refractivity contribution is 5.90. The normalized spacial score (nSPS) is 25.4. The van der Waals surface area contributed by atoms with Crippen LogP contribution in [0.15, 0.2) is 42.5 Å². The monoisotopic (exact) mass is 437 g/mol. The van der Waals surface area contributed by atoms with Gasteiger partial charge in [-0.1, -0.05) is 18.2 Å². The summed E-state index contributed by atoms with van der Waals surface area (Å²) in [5.74, 6) is -0.247. The van der Waals surface area contributed by atoms with Crippen molar-refractivity contribution >= 4 is 17.6 Å². The van der Waals surface area contributed by atoms with Crippen LogP contribution < -0.4 is 10.6 Å². The van der Waals surface area contributed by atoms with E-state index in [1.165, 1.54) is 17.7 Å². The lowest BCUT2D eigenvalue weighted by Crippen LogP contribution is -2.70. The highest BCUT2D eigenvalue weighted by Crippen LogP contribution is 2.73. The van der Waals surface area contributed by atoms with E-state index in [-0.39, 0.29) is 35.1 Å². The Labute approximate surface area is 186 Å². The summed E-state index contributed by atoms with van der Waals surface area (Å²) < 4.78 is 13.4. The zero-order valence-electron chi connectivity index (χ0n) is 18.4. The van der Waals surface area contributed by atoms with Gasteiger partial charge in [0, 0.05) is 25.3 Å². The molecule has 168 valence electrons. The quantitative estimate of drug-likeness (QED) is 0.667. The van der Waals surface area contributed by atoms with Crippen molar-refractivity contribution in [2.45, 2.75) is 57.2 Å². The molecule has 0 saturated heterocycles. The Kier molecular flexibility index (Phi) is 4.60. The third-order valence-electron chi connectivity index (χ3n) is 7.12. The van der Waals surface area contributed by atoms with Crippen LogP contribution in [-0.4, -0.2) is 34.1 Å². The second-order valence-electron chi connectivity index (χ2n) is 10.4. The number of carbonyl (C=O) groups excluding carboxylic acids is 2. The average molecular weight is 438 g/mol. The van der Waals surface area contributed by atoms with Gasteiger partial charge in [0.1, 0.15) is 5.82 Å². The molecule has 3 fully saturated rings. The molecule has 6 rings (SSSR count). The van der Waals surface area contributed by atoms with Crippen molar-refractivity contribution in [2.24, 2.45) is 5.41 Å². The minimum atomic E-state index is -0.912. The van der Waals surface area contributed by atoms with Crippen molar-refractivity contribution in [3.8, 4) is 0 Å². The third kappa shape index (κ3) is 3.54. The molecule has 3 amide bonds. The van der Waals surface area contributed by atoms with E-state index in [1.807, 2.05) is 24.3 Å². The van der Waals surface area contributed by atoms with Crippen LogP contribution in [0.3, 0.4) is 0 Å². The van der Waals surface area contributed by atoms with Crippen LogP contribution in [0.2, 0.25) is 0 Å². The molecule has 0 atom stereocenters. The smallest absolute Gasteiger partial charge is 0.322 e. The third-order valence-corrected chi connectivity index (χ3v) is 7.12. The van der Waals surface area contributed by atoms with E-state index in [9.17, 15) is 19.1 Å². The predicted molar refractivity (Wildman–Crippen MR) is 118 cm³/mol. The van der Waals surface area contributed by atoms with Crippen molar-refractivity contribution in [1.82, 2.24) is 10.2 Å². The van der Waals surface area contributed by atoms with Gasteiger partial charge in [-0.05, 0) is 79.5 Å². The van der Waals surface area contributed by atoms with Gasteiger partial charge in [0.05, 0.1) is 11.0 Å². The fourth-order valence-electron chi connectivity index (χ4n) is 5.44. The molecule has 3 N–H and O–H groups in total. The molecule has 1 heterocycles. The van der Waals surface area contributed by atoms with Crippen molar-refractivity contribution in [3.05, 3.63) is 65.0 Å². The summed E-state index contributed by atoms with van der Waals surface area (Å²) in [6.07, 6.45) is 2.48. The number of rotatable bonds is 5. The lowest BCUT2D eigenvalue weighted by atomic mass is 9.33. The molecule has 2 bridgehead atoms. The number of urea groups is 1. The highest BCUT2D eigenvalue weighted by atomic mass is 19.1. The number of anilines is 1. The van der Waals surface area contributed by atoms with Crippen LogP contribution in [0.5, 0.6) is 0 Å². The molecule has 0 spiro atoms. The van der Waals surface area contributed by atoms with Gasteiger partial charge in [-0.15, -0.1) is 0 Å². The van der Waals surface area contributed by atoms with Crippen LogP contribution in [0.25, 0.3) is 0 Å². The maximum Gasteiger partial charge on any atom is 0.322 e. The van der Waals surface area contributed by atoms with E-state index in [0.717, 1.165) is 30.4 Å². The molecule has 0 aromatic heterocycles. The highest BCUT2D eigenvalue weighted by Gasteiger charge is 2.71. The molecule has 32 heavy (non-hydrogen) atoms. The van der Waals surface area contributed by atoms with Gasteiger partial charge in [0.15, 0.2) is 0 Å². The minimum absolute atomic E-state index is 0.0388. The lowest BCUT2D eigenvalue weighted by Gasteiger charge is -2.69. The number of hydrogen-bond acceptors (Lipinski definition) is 3. The number of amides is 3. The lowest BCUT2D eigenvalue weighted by molar-refractivity contribution is -0.176. The fourth-order valence-corrected chi connectivity index (χ4v) is 5.44. The number of hydrogen-bond donors (Lipinski definition) is 3. The maximum atomic E-state index is 13.4. The van der Waals surface area contributed by atoms with E-state index in [2.05, 4.69) is 10.6 Å². The zero-order chi connectivity index (χ0) is 22.7. The van der Waals surface area contributed by atoms with E-state index in [4.69, 9.17) is 0 Å². The first-order valence-corrected chi connectivity index (χ1v) is 11.0. The molecular formula is C25H28FN3O3. The molecule has 3 aliphatic carbocycles. The number of halogens is 1. The van der Waals surface area contributed by atoms with Gasteiger partial charge >= 0.3 is 6.03 Å². The second kappa shape index (κ2) is 7.04. The minimum Gasteiger partial charge on any atom is -0.389 e. The SMILES string of the molecule is CC(C)(O)CNC(=O)C12CC(c3ccc(NC(=O)N4Cc5ccc(F)cc5C4)cc3)(C1)C2. The summed E-state index contributed by atoms with van der Waals surface area (Å²) in [6, 6.07) is 12.3. The van der Waals surface area contributed by atoms with Crippen LogP contribution in [0.4, 0.5) is 14.9 Å². The summed E-state index contributed by atoms with van der Waals surface area (Å²) in [7, 11) is 0. The summed E-state index contributed by atoms with van der Waals surface area (Å²) in [4.78, 5) is 26.8. The van der Waals surface area contributed by atoms with Gasteiger partial charge < -0.3 is 20.6 Å². The van der Waals surface area contributed by atoms with Gasteiger partial charge in [-0.2, -0.15) is 0 Å². The molecule has 7 heteroatoms. The molecule has 3 saturated carbocycles. The standard InChI is InChI=1S/C25H28FN3O3/c1-23(2,32)15-27-21(30)25-12-24(13-25,14-25)18-4-7-20(8-5-18)28-22(31)29-10-16-3-6-19(26)9-17(16)11-29/h3-9,32H,10-15H2,1-2H3,(H,27,30)(H,28,31). The number of nitrogens with one attached hydrogen (secondary N) is 2. The Morgan fingerprint density at radius 1 is 1.06 bits per heavy atom. The molecule has 0 radical (unpaired) electrons. The largest absolute Gasteiger partial charge is 0.389 e. The van der Waals surface area contributed by atoms with E-state index in [0.29, 0.717) is 18.8 Å². The second-order valence-corrected chi connectivity index (χ2v) is 10.4. The van der Waals surface area contributed by atoms with Crippen LogP contribution in [0.1, 0.15) is 49.8 Å². The average Bonchev–Trinajstić information content (AvgIpc) is 3.08. The van der Waals surface area contributed by atoms with Crippen LogP contribution >= 0.6 is 0 Å².